The van der Waals surface area contributed by atoms with Crippen molar-refractivity contribution in [1.82, 2.24) is 0 Å². The molecule has 0 aliphatic carbocycles. The first-order chi connectivity index (χ1) is 36.2. The second kappa shape index (κ2) is 60.6. The van der Waals surface area contributed by atoms with Crippen LogP contribution in [0.5, 0.6) is 0 Å². The summed E-state index contributed by atoms with van der Waals surface area (Å²) < 4.78 is 17.0. The largest absolute Gasteiger partial charge is 0.462 e. The van der Waals surface area contributed by atoms with E-state index in [1.54, 1.807) is 0 Å². The van der Waals surface area contributed by atoms with Crippen LogP contribution in [0.25, 0.3) is 0 Å². The summed E-state index contributed by atoms with van der Waals surface area (Å²) in [4.78, 5) is 38.4. The van der Waals surface area contributed by atoms with E-state index in [0.717, 1.165) is 69.6 Å². The first kappa shape index (κ1) is 72.4. The number of ether oxygens (including phenoxy) is 3. The van der Waals surface area contributed by atoms with Crippen LogP contribution in [-0.2, 0) is 28.6 Å². The zero-order valence-electron chi connectivity index (χ0n) is 51.0. The minimum atomic E-state index is -0.764. The molecule has 0 unspecified atom stereocenters. The van der Waals surface area contributed by atoms with Gasteiger partial charge in [-0.25, -0.2) is 0 Å². The van der Waals surface area contributed by atoms with Crippen LogP contribution in [0.2, 0.25) is 0 Å². The topological polar surface area (TPSA) is 78.9 Å². The van der Waals surface area contributed by atoms with Crippen molar-refractivity contribution in [3.8, 4) is 0 Å². The molecule has 0 rings (SSSR count). The minimum absolute atomic E-state index is 0.0614. The molecule has 0 fully saturated rings. The molecule has 1 atom stereocenters. The molecule has 0 bridgehead atoms. The molecule has 6 nitrogen and oxygen atoms in total. The molecule has 440 valence electrons. The highest BCUT2D eigenvalue weighted by molar-refractivity contribution is 5.71. The molecule has 6 heteroatoms. The first-order valence-electron chi connectivity index (χ1n) is 33.7. The lowest BCUT2D eigenvalue weighted by molar-refractivity contribution is -0.167. The number of carbonyl (C=O) groups excluding carboxylic acids is 3. The van der Waals surface area contributed by atoms with Gasteiger partial charge in [0, 0.05) is 19.3 Å². The quantitative estimate of drug-likeness (QED) is 0.0343. The molecule has 0 aromatic heterocycles. The maximum atomic E-state index is 12.9. The number of carbonyl (C=O) groups is 3. The van der Waals surface area contributed by atoms with Gasteiger partial charge in [-0.3, -0.25) is 14.4 Å². The van der Waals surface area contributed by atoms with Gasteiger partial charge in [0.1, 0.15) is 13.2 Å². The third kappa shape index (κ3) is 61.3. The Kier molecular flexibility index (Phi) is 59.3. The summed E-state index contributed by atoms with van der Waals surface area (Å²) in [5.41, 5.74) is 0. The van der Waals surface area contributed by atoms with Crippen molar-refractivity contribution in [3.63, 3.8) is 0 Å². The molecule has 74 heavy (non-hydrogen) atoms. The minimum Gasteiger partial charge on any atom is -0.462 e. The van der Waals surface area contributed by atoms with Crippen LogP contribution in [0.1, 0.15) is 388 Å². The predicted octanol–water partition coefficient (Wildman–Crippen LogP) is 22.8. The Labute approximate surface area is 463 Å². The van der Waals surface area contributed by atoms with Gasteiger partial charge in [-0.05, 0) is 31.1 Å². The summed E-state index contributed by atoms with van der Waals surface area (Å²) in [5.74, 6) is 0.875. The van der Waals surface area contributed by atoms with Crippen molar-refractivity contribution in [2.75, 3.05) is 13.2 Å². The Morgan fingerprint density at radius 1 is 0.257 bits per heavy atom. The molecular formula is C68H132O6. The van der Waals surface area contributed by atoms with E-state index in [9.17, 15) is 14.4 Å². The third-order valence-corrected chi connectivity index (χ3v) is 15.7. The smallest absolute Gasteiger partial charge is 0.306 e. The van der Waals surface area contributed by atoms with E-state index in [-0.39, 0.29) is 31.1 Å². The molecule has 0 heterocycles. The van der Waals surface area contributed by atoms with Gasteiger partial charge in [0.15, 0.2) is 6.10 Å². The van der Waals surface area contributed by atoms with Crippen LogP contribution in [0.15, 0.2) is 0 Å². The summed E-state index contributed by atoms with van der Waals surface area (Å²) >= 11 is 0. The van der Waals surface area contributed by atoms with Gasteiger partial charge in [0.05, 0.1) is 0 Å². The number of hydrogen-bond acceptors (Lipinski definition) is 6. The normalized spacial score (nSPS) is 12.0. The third-order valence-electron chi connectivity index (χ3n) is 15.7. The van der Waals surface area contributed by atoms with E-state index >= 15 is 0 Å². The van der Waals surface area contributed by atoms with Crippen molar-refractivity contribution >= 4 is 17.9 Å². The lowest BCUT2D eigenvalue weighted by Crippen LogP contribution is -2.30. The standard InChI is InChI=1S/C68H132O6/c1-6-7-8-9-10-11-12-13-14-15-19-22-28-33-38-43-48-53-58-66(69)72-61-65(74-68(71)60-55-50-45-40-35-30-25-24-27-32-37-42-47-52-57-64(4)5)62-73-67(70)59-54-49-44-39-34-29-23-20-17-16-18-21-26-31-36-41-46-51-56-63(2)3/h63-65H,6-62H2,1-5H3/t65-/m0/s1. The Hall–Kier alpha value is -1.59. The Bertz CT molecular complexity index is 1140. The Morgan fingerprint density at radius 2 is 0.446 bits per heavy atom. The lowest BCUT2D eigenvalue weighted by Gasteiger charge is -2.18. The maximum absolute atomic E-state index is 12.9. The number of rotatable bonds is 62. The van der Waals surface area contributed by atoms with Crippen molar-refractivity contribution in [2.45, 2.75) is 394 Å². The lowest BCUT2D eigenvalue weighted by atomic mass is 10.0. The van der Waals surface area contributed by atoms with Crippen LogP contribution < -0.4 is 0 Å². The molecule has 0 amide bonds. The highest BCUT2D eigenvalue weighted by atomic mass is 16.6. The van der Waals surface area contributed by atoms with Crippen LogP contribution in [0.3, 0.4) is 0 Å². The highest BCUT2D eigenvalue weighted by Gasteiger charge is 2.19. The SMILES string of the molecule is CCCCCCCCCCCCCCCCCCCCC(=O)OC[C@@H](COC(=O)CCCCCCCCCCCCCCCCCCCCC(C)C)OC(=O)CCCCCCCCCCCCCCCCC(C)C. The van der Waals surface area contributed by atoms with Gasteiger partial charge < -0.3 is 14.2 Å². The molecule has 0 spiro atoms. The molecule has 0 N–H and O–H groups in total. The molecule has 0 aliphatic rings. The second-order valence-corrected chi connectivity index (χ2v) is 24.4. The van der Waals surface area contributed by atoms with Crippen molar-refractivity contribution in [1.29, 1.82) is 0 Å². The summed E-state index contributed by atoms with van der Waals surface area (Å²) in [6.45, 7) is 11.5. The van der Waals surface area contributed by atoms with Gasteiger partial charge in [-0.2, -0.15) is 0 Å². The molecule has 0 saturated heterocycles. The molecule has 0 radical (unpaired) electrons. The molecule has 0 aromatic carbocycles. The van der Waals surface area contributed by atoms with Gasteiger partial charge in [-0.15, -0.1) is 0 Å². The van der Waals surface area contributed by atoms with Crippen molar-refractivity contribution < 1.29 is 28.6 Å². The first-order valence-corrected chi connectivity index (χ1v) is 33.7. The number of hydrogen-bond donors (Lipinski definition) is 0. The van der Waals surface area contributed by atoms with Gasteiger partial charge in [-0.1, -0.05) is 349 Å². The Morgan fingerprint density at radius 3 is 0.662 bits per heavy atom. The predicted molar refractivity (Wildman–Crippen MR) is 321 cm³/mol. The fourth-order valence-electron chi connectivity index (χ4n) is 10.6. The van der Waals surface area contributed by atoms with Crippen LogP contribution in [-0.4, -0.2) is 37.2 Å². The summed E-state index contributed by atoms with van der Waals surface area (Å²) in [6, 6.07) is 0. The van der Waals surface area contributed by atoms with Gasteiger partial charge in [0.2, 0.25) is 0 Å². The van der Waals surface area contributed by atoms with E-state index < -0.39 is 6.10 Å². The molecule has 0 aromatic rings. The highest BCUT2D eigenvalue weighted by Crippen LogP contribution is 2.19. The van der Waals surface area contributed by atoms with E-state index in [2.05, 4.69) is 34.6 Å². The molecule has 0 saturated carbocycles. The average Bonchev–Trinajstić information content (AvgIpc) is 3.38. The fraction of sp³-hybridized carbons (Fsp3) is 0.956. The monoisotopic (exact) mass is 1050 g/mol. The maximum Gasteiger partial charge on any atom is 0.306 e. The van der Waals surface area contributed by atoms with Crippen molar-refractivity contribution in [3.05, 3.63) is 0 Å². The zero-order valence-corrected chi connectivity index (χ0v) is 51.0. The van der Waals surface area contributed by atoms with Crippen LogP contribution >= 0.6 is 0 Å². The van der Waals surface area contributed by atoms with E-state index in [0.29, 0.717) is 19.3 Å². The summed E-state index contributed by atoms with van der Waals surface area (Å²) in [6.07, 6.45) is 68.3. The Balaban J connectivity index is 4.27. The number of esters is 3. The number of unbranched alkanes of at least 4 members (excludes halogenated alkanes) is 47. The second-order valence-electron chi connectivity index (χ2n) is 24.4. The van der Waals surface area contributed by atoms with Crippen molar-refractivity contribution in [2.24, 2.45) is 11.8 Å². The van der Waals surface area contributed by atoms with E-state index in [1.807, 2.05) is 0 Å². The summed E-state index contributed by atoms with van der Waals surface area (Å²) in [7, 11) is 0. The van der Waals surface area contributed by atoms with Gasteiger partial charge >= 0.3 is 17.9 Å². The van der Waals surface area contributed by atoms with Gasteiger partial charge in [0.25, 0.3) is 0 Å². The van der Waals surface area contributed by atoms with E-state index in [1.165, 1.54) is 276 Å². The average molecular weight is 1050 g/mol. The fourth-order valence-corrected chi connectivity index (χ4v) is 10.6. The zero-order chi connectivity index (χ0) is 53.9. The molecule has 0 aliphatic heterocycles. The van der Waals surface area contributed by atoms with Crippen LogP contribution in [0, 0.1) is 11.8 Å². The molecular weight excluding hydrogens is 913 g/mol. The summed E-state index contributed by atoms with van der Waals surface area (Å²) in [5, 5.41) is 0. The van der Waals surface area contributed by atoms with Crippen LogP contribution in [0.4, 0.5) is 0 Å². The van der Waals surface area contributed by atoms with E-state index in [4.69, 9.17) is 14.2 Å².